The second kappa shape index (κ2) is 14.8. The maximum absolute atomic E-state index is 13.6. The third kappa shape index (κ3) is 9.05. The first-order valence-electron chi connectivity index (χ1n) is 12.9. The minimum atomic E-state index is -1.15. The van der Waals surface area contributed by atoms with Gasteiger partial charge in [0.15, 0.2) is 0 Å². The SMILES string of the molecule is CSCCC(N)C(=O)NC(Cc1c[nH]c2ccccc12)C(=O)NC(CC(C)C)C(=O)NC(C(=O)O)C(C)C. The quantitative estimate of drug-likeness (QED) is 0.198. The lowest BCUT2D eigenvalue weighted by atomic mass is 9.99. The molecule has 0 radical (unpaired) electrons. The van der Waals surface area contributed by atoms with E-state index >= 15 is 0 Å². The number of fused-ring (bicyclic) bond motifs is 1. The van der Waals surface area contributed by atoms with Crippen molar-refractivity contribution in [2.45, 2.75) is 71.1 Å². The number of para-hydroxylation sites is 1. The summed E-state index contributed by atoms with van der Waals surface area (Å²) >= 11 is 1.57. The first-order chi connectivity index (χ1) is 17.9. The van der Waals surface area contributed by atoms with E-state index in [1.165, 1.54) is 0 Å². The summed E-state index contributed by atoms with van der Waals surface area (Å²) in [5.74, 6) is -2.33. The number of aliphatic carboxylic acids is 1. The van der Waals surface area contributed by atoms with Crippen LogP contribution in [0.2, 0.25) is 0 Å². The van der Waals surface area contributed by atoms with Gasteiger partial charge in [0.1, 0.15) is 18.1 Å². The van der Waals surface area contributed by atoms with Gasteiger partial charge in [-0.2, -0.15) is 11.8 Å². The van der Waals surface area contributed by atoms with Crippen LogP contribution in [-0.2, 0) is 25.6 Å². The number of rotatable bonds is 15. The lowest BCUT2D eigenvalue weighted by molar-refractivity contribution is -0.143. The van der Waals surface area contributed by atoms with Gasteiger partial charge in [0.25, 0.3) is 0 Å². The molecule has 0 fully saturated rings. The van der Waals surface area contributed by atoms with Crippen molar-refractivity contribution in [2.75, 3.05) is 12.0 Å². The smallest absolute Gasteiger partial charge is 0.326 e. The van der Waals surface area contributed by atoms with E-state index in [0.29, 0.717) is 18.6 Å². The number of carboxylic acids is 1. The summed E-state index contributed by atoms with van der Waals surface area (Å²) < 4.78 is 0. The van der Waals surface area contributed by atoms with Crippen LogP contribution in [0.3, 0.4) is 0 Å². The number of benzene rings is 1. The number of aromatic nitrogens is 1. The van der Waals surface area contributed by atoms with Crippen molar-refractivity contribution in [1.82, 2.24) is 20.9 Å². The topological polar surface area (TPSA) is 166 Å². The van der Waals surface area contributed by atoms with Crippen LogP contribution in [0.1, 0.15) is 46.1 Å². The Bertz CT molecular complexity index is 1100. The van der Waals surface area contributed by atoms with Gasteiger partial charge in [0.05, 0.1) is 6.04 Å². The number of nitrogens with one attached hydrogen (secondary N) is 4. The molecule has 11 heteroatoms. The molecule has 2 aromatic rings. The summed E-state index contributed by atoms with van der Waals surface area (Å²) in [4.78, 5) is 54.3. The van der Waals surface area contributed by atoms with E-state index in [1.807, 2.05) is 44.4 Å². The Morgan fingerprint density at radius 2 is 1.61 bits per heavy atom. The van der Waals surface area contributed by atoms with Gasteiger partial charge in [0, 0.05) is 23.5 Å². The van der Waals surface area contributed by atoms with Gasteiger partial charge in [-0.3, -0.25) is 14.4 Å². The summed E-state index contributed by atoms with van der Waals surface area (Å²) in [6.45, 7) is 7.20. The fraction of sp³-hybridized carbons (Fsp3) is 0.556. The molecule has 0 saturated heterocycles. The van der Waals surface area contributed by atoms with Crippen LogP contribution in [0.25, 0.3) is 10.9 Å². The maximum atomic E-state index is 13.6. The van der Waals surface area contributed by atoms with Crippen LogP contribution in [0.15, 0.2) is 30.5 Å². The molecule has 10 nitrogen and oxygen atoms in total. The zero-order valence-electron chi connectivity index (χ0n) is 22.7. The van der Waals surface area contributed by atoms with Crippen molar-refractivity contribution in [3.63, 3.8) is 0 Å². The highest BCUT2D eigenvalue weighted by molar-refractivity contribution is 7.98. The summed E-state index contributed by atoms with van der Waals surface area (Å²) in [6, 6.07) is 3.79. The van der Waals surface area contributed by atoms with Crippen LogP contribution in [0.4, 0.5) is 0 Å². The molecule has 4 unspecified atom stereocenters. The number of hydrogen-bond donors (Lipinski definition) is 6. The number of amides is 3. The Morgan fingerprint density at radius 1 is 0.974 bits per heavy atom. The Hall–Kier alpha value is -3.05. The first kappa shape index (κ1) is 31.2. The van der Waals surface area contributed by atoms with Gasteiger partial charge in [-0.15, -0.1) is 0 Å². The number of thioether (sulfide) groups is 1. The minimum absolute atomic E-state index is 0.0370. The van der Waals surface area contributed by atoms with Crippen LogP contribution >= 0.6 is 11.8 Å². The third-order valence-corrected chi connectivity index (χ3v) is 6.92. The normalized spacial score (nSPS) is 14.6. The number of nitrogens with two attached hydrogens (primary N) is 1. The summed E-state index contributed by atoms with van der Waals surface area (Å²) in [5.41, 5.74) is 7.79. The number of carboxylic acid groups (broad SMARTS) is 1. The van der Waals surface area contributed by atoms with Crippen LogP contribution in [0, 0.1) is 11.8 Å². The molecular formula is C27H41N5O5S. The lowest BCUT2D eigenvalue weighted by Crippen LogP contribution is -2.58. The van der Waals surface area contributed by atoms with Crippen LogP contribution < -0.4 is 21.7 Å². The number of carbonyl (C=O) groups excluding carboxylic acids is 3. The fourth-order valence-electron chi connectivity index (χ4n) is 4.13. The monoisotopic (exact) mass is 547 g/mol. The van der Waals surface area contributed by atoms with E-state index < -0.39 is 47.9 Å². The molecule has 4 atom stereocenters. The zero-order valence-corrected chi connectivity index (χ0v) is 23.6. The lowest BCUT2D eigenvalue weighted by Gasteiger charge is -2.27. The highest BCUT2D eigenvalue weighted by Gasteiger charge is 2.32. The van der Waals surface area contributed by atoms with E-state index in [2.05, 4.69) is 20.9 Å². The van der Waals surface area contributed by atoms with Crippen molar-refractivity contribution < 1.29 is 24.3 Å². The maximum Gasteiger partial charge on any atom is 0.326 e. The Labute approximate surface area is 228 Å². The van der Waals surface area contributed by atoms with Crippen LogP contribution in [0.5, 0.6) is 0 Å². The van der Waals surface area contributed by atoms with E-state index in [4.69, 9.17) is 5.73 Å². The highest BCUT2D eigenvalue weighted by atomic mass is 32.2. The number of aromatic amines is 1. The Balaban J connectivity index is 2.29. The van der Waals surface area contributed by atoms with Gasteiger partial charge in [0.2, 0.25) is 17.7 Å². The van der Waals surface area contributed by atoms with Gasteiger partial charge < -0.3 is 31.8 Å². The molecule has 0 bridgehead atoms. The molecule has 210 valence electrons. The molecule has 1 aromatic heterocycles. The number of H-pyrrole nitrogens is 1. The molecule has 7 N–H and O–H groups in total. The molecule has 3 amide bonds. The molecule has 0 aliphatic heterocycles. The number of carbonyl (C=O) groups is 4. The molecular weight excluding hydrogens is 506 g/mol. The Morgan fingerprint density at radius 3 is 2.21 bits per heavy atom. The van der Waals surface area contributed by atoms with Crippen molar-refractivity contribution in [3.8, 4) is 0 Å². The van der Waals surface area contributed by atoms with Crippen molar-refractivity contribution in [3.05, 3.63) is 36.0 Å². The average molecular weight is 548 g/mol. The largest absolute Gasteiger partial charge is 0.480 e. The molecule has 38 heavy (non-hydrogen) atoms. The van der Waals surface area contributed by atoms with Gasteiger partial charge in [-0.25, -0.2) is 4.79 Å². The molecule has 0 aliphatic carbocycles. The average Bonchev–Trinajstić information content (AvgIpc) is 3.26. The molecule has 0 spiro atoms. The predicted molar refractivity (Wildman–Crippen MR) is 151 cm³/mol. The molecule has 1 aromatic carbocycles. The standard InChI is InChI=1S/C27H41N5O5S/c1-15(2)12-21(26(35)32-23(16(3)4)27(36)37)31-25(34)22(30-24(33)19(28)10-11-38-5)13-17-14-29-20-9-7-6-8-18(17)20/h6-9,14-16,19,21-23,29H,10-13,28H2,1-5H3,(H,30,33)(H,31,34)(H,32,35)(H,36,37). The number of hydrogen-bond acceptors (Lipinski definition) is 6. The zero-order chi connectivity index (χ0) is 28.4. The first-order valence-corrected chi connectivity index (χ1v) is 14.3. The minimum Gasteiger partial charge on any atom is -0.480 e. The van der Waals surface area contributed by atoms with Gasteiger partial charge in [-0.05, 0) is 48.3 Å². The molecule has 0 saturated carbocycles. The van der Waals surface area contributed by atoms with Crippen molar-refractivity contribution >= 4 is 46.4 Å². The predicted octanol–water partition coefficient (Wildman–Crippen LogP) is 2.03. The molecule has 0 aliphatic rings. The van der Waals surface area contributed by atoms with Gasteiger partial charge in [-0.1, -0.05) is 45.9 Å². The summed E-state index contributed by atoms with van der Waals surface area (Å²) in [5, 5.41) is 18.5. The van der Waals surface area contributed by atoms with E-state index in [1.54, 1.807) is 31.8 Å². The fourth-order valence-corrected chi connectivity index (χ4v) is 4.62. The van der Waals surface area contributed by atoms with Crippen molar-refractivity contribution in [2.24, 2.45) is 17.6 Å². The molecule has 2 rings (SSSR count). The molecule has 1 heterocycles. The summed E-state index contributed by atoms with van der Waals surface area (Å²) in [6.07, 6.45) is 4.65. The summed E-state index contributed by atoms with van der Waals surface area (Å²) in [7, 11) is 0. The van der Waals surface area contributed by atoms with E-state index in [9.17, 15) is 24.3 Å². The van der Waals surface area contributed by atoms with E-state index in [0.717, 1.165) is 16.5 Å². The highest BCUT2D eigenvalue weighted by Crippen LogP contribution is 2.19. The third-order valence-electron chi connectivity index (χ3n) is 6.27. The second-order valence-electron chi connectivity index (χ2n) is 10.3. The van der Waals surface area contributed by atoms with Crippen LogP contribution in [-0.4, -0.2) is 70.0 Å². The van der Waals surface area contributed by atoms with E-state index in [-0.39, 0.29) is 18.3 Å². The van der Waals surface area contributed by atoms with Gasteiger partial charge >= 0.3 is 5.97 Å². The second-order valence-corrected chi connectivity index (χ2v) is 11.3. The Kier molecular flexibility index (Phi) is 12.1. The van der Waals surface area contributed by atoms with Crippen molar-refractivity contribution in [1.29, 1.82) is 0 Å².